The van der Waals surface area contributed by atoms with Crippen molar-refractivity contribution in [1.82, 2.24) is 0 Å². The highest BCUT2D eigenvalue weighted by Gasteiger charge is 2.32. The van der Waals surface area contributed by atoms with Gasteiger partial charge in [0.05, 0.1) is 7.11 Å². The Bertz CT molecular complexity index is 648. The number of rotatable bonds is 5. The van der Waals surface area contributed by atoms with Crippen LogP contribution in [0.25, 0.3) is 0 Å². The van der Waals surface area contributed by atoms with Crippen molar-refractivity contribution in [3.05, 3.63) is 54.0 Å². The number of furan rings is 1. The second kappa shape index (κ2) is 6.93. The maximum Gasteiger partial charge on any atom is 0.328 e. The van der Waals surface area contributed by atoms with Crippen molar-refractivity contribution in [2.45, 2.75) is 26.3 Å². The standard InChI is InChI=1S/C17H19NO4/c1-4-14(17(20)21-3)18(13-8-6-5-7-9-13)16(19)15-11-10-12(2)22-15/h5-11,14H,4H2,1-3H3. The summed E-state index contributed by atoms with van der Waals surface area (Å²) in [4.78, 5) is 26.3. The lowest BCUT2D eigenvalue weighted by molar-refractivity contribution is -0.142. The van der Waals surface area contributed by atoms with E-state index in [1.807, 2.05) is 25.1 Å². The molecule has 0 spiro atoms. The number of aryl methyl sites for hydroxylation is 1. The van der Waals surface area contributed by atoms with Crippen LogP contribution in [0.1, 0.15) is 29.7 Å². The van der Waals surface area contributed by atoms with Gasteiger partial charge in [-0.2, -0.15) is 0 Å². The number of carbonyl (C=O) groups is 2. The number of benzene rings is 1. The molecule has 0 aliphatic heterocycles. The van der Waals surface area contributed by atoms with Crippen LogP contribution in [-0.4, -0.2) is 25.0 Å². The summed E-state index contributed by atoms with van der Waals surface area (Å²) in [5, 5.41) is 0. The molecule has 2 rings (SSSR count). The molecule has 5 nitrogen and oxygen atoms in total. The second-order valence-electron chi connectivity index (χ2n) is 4.87. The molecule has 1 unspecified atom stereocenters. The molecule has 0 bridgehead atoms. The second-order valence-corrected chi connectivity index (χ2v) is 4.87. The molecule has 0 saturated carbocycles. The first-order valence-corrected chi connectivity index (χ1v) is 7.11. The minimum absolute atomic E-state index is 0.198. The van der Waals surface area contributed by atoms with Gasteiger partial charge in [-0.15, -0.1) is 0 Å². The summed E-state index contributed by atoms with van der Waals surface area (Å²) in [7, 11) is 1.32. The van der Waals surface area contributed by atoms with Crippen molar-refractivity contribution in [2.24, 2.45) is 0 Å². The Balaban J connectivity index is 2.45. The zero-order chi connectivity index (χ0) is 16.1. The molecule has 1 amide bonds. The summed E-state index contributed by atoms with van der Waals surface area (Å²) in [5.74, 6) is 0.0192. The summed E-state index contributed by atoms with van der Waals surface area (Å²) < 4.78 is 10.2. The monoisotopic (exact) mass is 301 g/mol. The number of hydrogen-bond donors (Lipinski definition) is 0. The predicted molar refractivity (Wildman–Crippen MR) is 82.8 cm³/mol. The van der Waals surface area contributed by atoms with Gasteiger partial charge in [0, 0.05) is 5.69 Å². The predicted octanol–water partition coefficient (Wildman–Crippen LogP) is 3.19. The molecule has 0 N–H and O–H groups in total. The van der Waals surface area contributed by atoms with E-state index in [0.29, 0.717) is 17.9 Å². The smallest absolute Gasteiger partial charge is 0.328 e. The van der Waals surface area contributed by atoms with E-state index in [0.717, 1.165) is 0 Å². The third-order valence-corrected chi connectivity index (χ3v) is 3.38. The van der Waals surface area contributed by atoms with Gasteiger partial charge >= 0.3 is 5.97 Å². The van der Waals surface area contributed by atoms with Gasteiger partial charge in [0.15, 0.2) is 5.76 Å². The zero-order valence-electron chi connectivity index (χ0n) is 12.9. The molecule has 22 heavy (non-hydrogen) atoms. The van der Waals surface area contributed by atoms with Crippen molar-refractivity contribution >= 4 is 17.6 Å². The van der Waals surface area contributed by atoms with Gasteiger partial charge in [-0.3, -0.25) is 9.69 Å². The molecule has 2 aromatic rings. The van der Waals surface area contributed by atoms with Gasteiger partial charge in [-0.25, -0.2) is 4.79 Å². The van der Waals surface area contributed by atoms with E-state index in [2.05, 4.69) is 0 Å². The molecule has 0 aliphatic carbocycles. The topological polar surface area (TPSA) is 59.8 Å². The van der Waals surface area contributed by atoms with Crippen molar-refractivity contribution < 1.29 is 18.7 Å². The van der Waals surface area contributed by atoms with Gasteiger partial charge in [0.2, 0.25) is 0 Å². The fourth-order valence-electron chi connectivity index (χ4n) is 2.29. The van der Waals surface area contributed by atoms with Crippen LogP contribution in [0.4, 0.5) is 5.69 Å². The molecule has 5 heteroatoms. The first-order chi connectivity index (χ1) is 10.6. The van der Waals surface area contributed by atoms with Crippen molar-refractivity contribution in [1.29, 1.82) is 0 Å². The first kappa shape index (κ1) is 15.8. The lowest BCUT2D eigenvalue weighted by Crippen LogP contribution is -2.45. The molecular formula is C17H19NO4. The summed E-state index contributed by atoms with van der Waals surface area (Å²) in [6.07, 6.45) is 0.437. The van der Waals surface area contributed by atoms with Crippen LogP contribution in [0.2, 0.25) is 0 Å². The molecule has 0 aliphatic rings. The van der Waals surface area contributed by atoms with Gasteiger partial charge in [0.25, 0.3) is 5.91 Å². The number of esters is 1. The van der Waals surface area contributed by atoms with Crippen LogP contribution in [0.5, 0.6) is 0 Å². The number of nitrogens with zero attached hydrogens (tertiary/aromatic N) is 1. The maximum absolute atomic E-state index is 12.8. The highest BCUT2D eigenvalue weighted by atomic mass is 16.5. The molecule has 1 aromatic carbocycles. The SMILES string of the molecule is CCC(C(=O)OC)N(C(=O)c1ccc(C)o1)c1ccccc1. The largest absolute Gasteiger partial charge is 0.467 e. The third kappa shape index (κ3) is 3.19. The number of methoxy groups -OCH3 is 1. The van der Waals surface area contributed by atoms with Crippen LogP contribution in [0.3, 0.4) is 0 Å². The third-order valence-electron chi connectivity index (χ3n) is 3.38. The fraction of sp³-hybridized carbons (Fsp3) is 0.294. The van der Waals surface area contributed by atoms with Gasteiger partial charge in [-0.1, -0.05) is 25.1 Å². The average molecular weight is 301 g/mol. The maximum atomic E-state index is 12.8. The molecule has 0 fully saturated rings. The minimum atomic E-state index is -0.703. The highest BCUT2D eigenvalue weighted by molar-refractivity contribution is 6.07. The van der Waals surface area contributed by atoms with Crippen molar-refractivity contribution in [3.8, 4) is 0 Å². The number of carbonyl (C=O) groups excluding carboxylic acids is 2. The Kier molecular flexibility index (Phi) is 4.99. The lowest BCUT2D eigenvalue weighted by Gasteiger charge is -2.28. The summed E-state index contributed by atoms with van der Waals surface area (Å²) in [5.41, 5.74) is 0.624. The van der Waals surface area contributed by atoms with Gasteiger partial charge in [-0.05, 0) is 37.6 Å². The van der Waals surface area contributed by atoms with E-state index in [1.54, 1.807) is 31.2 Å². The van der Waals surface area contributed by atoms with E-state index >= 15 is 0 Å². The molecule has 0 radical (unpaired) electrons. The first-order valence-electron chi connectivity index (χ1n) is 7.11. The summed E-state index contributed by atoms with van der Waals surface area (Å²) in [6.45, 7) is 3.60. The van der Waals surface area contributed by atoms with E-state index in [-0.39, 0.29) is 11.7 Å². The van der Waals surface area contributed by atoms with Crippen LogP contribution in [-0.2, 0) is 9.53 Å². The quantitative estimate of drug-likeness (QED) is 0.796. The average Bonchev–Trinajstić information content (AvgIpc) is 2.98. The number of para-hydroxylation sites is 1. The van der Waals surface area contributed by atoms with E-state index < -0.39 is 12.0 Å². The Morgan fingerprint density at radius 2 is 1.86 bits per heavy atom. The fourth-order valence-corrected chi connectivity index (χ4v) is 2.29. The molecular weight excluding hydrogens is 282 g/mol. The Labute approximate surface area is 129 Å². The molecule has 1 aromatic heterocycles. The van der Waals surface area contributed by atoms with Crippen molar-refractivity contribution in [3.63, 3.8) is 0 Å². The minimum Gasteiger partial charge on any atom is -0.467 e. The highest BCUT2D eigenvalue weighted by Crippen LogP contribution is 2.23. The molecule has 116 valence electrons. The lowest BCUT2D eigenvalue weighted by atomic mass is 10.1. The van der Waals surface area contributed by atoms with Crippen molar-refractivity contribution in [2.75, 3.05) is 12.0 Å². The number of anilines is 1. The van der Waals surface area contributed by atoms with Gasteiger partial charge < -0.3 is 9.15 Å². The van der Waals surface area contributed by atoms with Crippen LogP contribution >= 0.6 is 0 Å². The zero-order valence-corrected chi connectivity index (χ0v) is 12.9. The number of hydrogen-bond acceptors (Lipinski definition) is 4. The van der Waals surface area contributed by atoms with Crippen LogP contribution < -0.4 is 4.90 Å². The molecule has 1 atom stereocenters. The number of ether oxygens (including phenoxy) is 1. The van der Waals surface area contributed by atoms with Gasteiger partial charge in [0.1, 0.15) is 11.8 Å². The molecule has 1 heterocycles. The van der Waals surface area contributed by atoms with E-state index in [4.69, 9.17) is 9.15 Å². The summed E-state index contributed by atoms with van der Waals surface area (Å²) >= 11 is 0. The number of amides is 1. The van der Waals surface area contributed by atoms with E-state index in [9.17, 15) is 9.59 Å². The van der Waals surface area contributed by atoms with Crippen LogP contribution in [0.15, 0.2) is 46.9 Å². The Hall–Kier alpha value is -2.56. The Morgan fingerprint density at radius 1 is 1.18 bits per heavy atom. The van der Waals surface area contributed by atoms with E-state index in [1.165, 1.54) is 12.0 Å². The normalized spacial score (nSPS) is 11.8. The van der Waals surface area contributed by atoms with Crippen LogP contribution in [0, 0.1) is 6.92 Å². The summed E-state index contributed by atoms with van der Waals surface area (Å²) in [6, 6.07) is 11.7. The molecule has 0 saturated heterocycles. The Morgan fingerprint density at radius 3 is 2.36 bits per heavy atom.